The van der Waals surface area contributed by atoms with E-state index in [0.29, 0.717) is 11.4 Å². The van der Waals surface area contributed by atoms with Crippen LogP contribution in [0.3, 0.4) is 0 Å². The molecule has 0 radical (unpaired) electrons. The van der Waals surface area contributed by atoms with E-state index in [1.165, 1.54) is 0 Å². The average Bonchev–Trinajstić information content (AvgIpc) is 2.70. The summed E-state index contributed by atoms with van der Waals surface area (Å²) >= 11 is 0. The standard InChI is InChI=1S/C10H12N4O/c1-7-4-11-14(5-7)10-9(6-15)8(2)12-13(10)3/h4-6H,1-3H3. The fourth-order valence-electron chi connectivity index (χ4n) is 1.60. The molecule has 0 unspecified atom stereocenters. The van der Waals surface area contributed by atoms with Crippen LogP contribution in [-0.2, 0) is 7.05 Å². The Labute approximate surface area is 87.3 Å². The normalized spacial score (nSPS) is 10.6. The summed E-state index contributed by atoms with van der Waals surface area (Å²) in [5.74, 6) is 0.704. The Morgan fingerprint density at radius 2 is 2.13 bits per heavy atom. The molecular weight excluding hydrogens is 192 g/mol. The largest absolute Gasteiger partial charge is 0.298 e. The van der Waals surface area contributed by atoms with Crippen LogP contribution in [0.5, 0.6) is 0 Å². The molecule has 15 heavy (non-hydrogen) atoms. The second kappa shape index (κ2) is 3.34. The lowest BCUT2D eigenvalue weighted by molar-refractivity contribution is 0.112. The molecule has 0 saturated carbocycles. The Morgan fingerprint density at radius 3 is 2.67 bits per heavy atom. The number of nitrogens with zero attached hydrogens (tertiary/aromatic N) is 4. The van der Waals surface area contributed by atoms with Gasteiger partial charge < -0.3 is 0 Å². The predicted molar refractivity (Wildman–Crippen MR) is 55.2 cm³/mol. The Balaban J connectivity index is 2.66. The van der Waals surface area contributed by atoms with Crippen molar-refractivity contribution in [1.82, 2.24) is 19.6 Å². The van der Waals surface area contributed by atoms with Gasteiger partial charge in [-0.1, -0.05) is 0 Å². The Kier molecular flexibility index (Phi) is 2.15. The van der Waals surface area contributed by atoms with E-state index >= 15 is 0 Å². The van der Waals surface area contributed by atoms with Crippen LogP contribution in [0.25, 0.3) is 5.82 Å². The lowest BCUT2D eigenvalue weighted by atomic mass is 10.3. The van der Waals surface area contributed by atoms with Crippen molar-refractivity contribution in [1.29, 1.82) is 0 Å². The van der Waals surface area contributed by atoms with E-state index in [9.17, 15) is 4.79 Å². The highest BCUT2D eigenvalue weighted by Crippen LogP contribution is 2.15. The highest BCUT2D eigenvalue weighted by molar-refractivity contribution is 5.81. The number of aromatic nitrogens is 4. The maximum absolute atomic E-state index is 10.9. The maximum Gasteiger partial charge on any atom is 0.162 e. The third kappa shape index (κ3) is 1.45. The second-order valence-corrected chi connectivity index (χ2v) is 3.53. The quantitative estimate of drug-likeness (QED) is 0.687. The molecule has 78 valence electrons. The summed E-state index contributed by atoms with van der Waals surface area (Å²) in [6.07, 6.45) is 4.43. The summed E-state index contributed by atoms with van der Waals surface area (Å²) in [5.41, 5.74) is 2.35. The van der Waals surface area contributed by atoms with Gasteiger partial charge in [0.1, 0.15) is 0 Å². The van der Waals surface area contributed by atoms with E-state index in [0.717, 1.165) is 17.5 Å². The van der Waals surface area contributed by atoms with Gasteiger partial charge in [0.05, 0.1) is 17.5 Å². The zero-order valence-electron chi connectivity index (χ0n) is 8.93. The van der Waals surface area contributed by atoms with E-state index < -0.39 is 0 Å². The molecule has 2 heterocycles. The van der Waals surface area contributed by atoms with Crippen molar-refractivity contribution in [3.8, 4) is 5.82 Å². The molecule has 0 bridgehead atoms. The molecule has 0 aliphatic heterocycles. The molecule has 0 atom stereocenters. The van der Waals surface area contributed by atoms with Crippen LogP contribution in [0.4, 0.5) is 0 Å². The van der Waals surface area contributed by atoms with Gasteiger partial charge in [-0.05, 0) is 19.4 Å². The van der Waals surface area contributed by atoms with Crippen LogP contribution in [0.15, 0.2) is 12.4 Å². The summed E-state index contributed by atoms with van der Waals surface area (Å²) in [7, 11) is 1.80. The van der Waals surface area contributed by atoms with Gasteiger partial charge in [-0.15, -0.1) is 0 Å². The van der Waals surface area contributed by atoms with Crippen molar-refractivity contribution in [2.75, 3.05) is 0 Å². The van der Waals surface area contributed by atoms with Gasteiger partial charge in [0, 0.05) is 13.2 Å². The number of hydrogen-bond acceptors (Lipinski definition) is 3. The summed E-state index contributed by atoms with van der Waals surface area (Å²) < 4.78 is 3.32. The SMILES string of the molecule is Cc1cnn(-c2c(C=O)c(C)nn2C)c1. The first-order valence-electron chi connectivity index (χ1n) is 4.64. The summed E-state index contributed by atoms with van der Waals surface area (Å²) in [6, 6.07) is 0. The first-order valence-corrected chi connectivity index (χ1v) is 4.64. The molecule has 0 aromatic carbocycles. The molecule has 2 aromatic heterocycles. The van der Waals surface area contributed by atoms with E-state index in [2.05, 4.69) is 10.2 Å². The monoisotopic (exact) mass is 204 g/mol. The zero-order chi connectivity index (χ0) is 11.0. The molecule has 0 fully saturated rings. The molecule has 2 aromatic rings. The van der Waals surface area contributed by atoms with E-state index in [-0.39, 0.29) is 0 Å². The van der Waals surface area contributed by atoms with Gasteiger partial charge >= 0.3 is 0 Å². The molecule has 5 nitrogen and oxygen atoms in total. The first-order chi connectivity index (χ1) is 7.13. The summed E-state index contributed by atoms with van der Waals surface area (Å²) in [4.78, 5) is 10.9. The molecule has 0 aliphatic carbocycles. The Hall–Kier alpha value is -1.91. The Bertz CT molecular complexity index is 509. The van der Waals surface area contributed by atoms with Crippen LogP contribution < -0.4 is 0 Å². The minimum atomic E-state index is 0.584. The van der Waals surface area contributed by atoms with Crippen molar-refractivity contribution in [3.05, 3.63) is 29.2 Å². The van der Waals surface area contributed by atoms with Gasteiger partial charge in [-0.2, -0.15) is 10.2 Å². The summed E-state index contributed by atoms with van der Waals surface area (Å²) in [6.45, 7) is 3.76. The van der Waals surface area contributed by atoms with Crippen molar-refractivity contribution in [3.63, 3.8) is 0 Å². The van der Waals surface area contributed by atoms with Crippen LogP contribution >= 0.6 is 0 Å². The fourth-order valence-corrected chi connectivity index (χ4v) is 1.60. The maximum atomic E-state index is 10.9. The molecular formula is C10H12N4O. The molecule has 0 amide bonds. The fraction of sp³-hybridized carbons (Fsp3) is 0.300. The van der Waals surface area contributed by atoms with Gasteiger partial charge in [0.25, 0.3) is 0 Å². The average molecular weight is 204 g/mol. The van der Waals surface area contributed by atoms with Gasteiger partial charge in [0.15, 0.2) is 12.1 Å². The van der Waals surface area contributed by atoms with E-state index in [4.69, 9.17) is 0 Å². The lowest BCUT2D eigenvalue weighted by Crippen LogP contribution is -2.05. The lowest BCUT2D eigenvalue weighted by Gasteiger charge is -2.01. The third-order valence-corrected chi connectivity index (χ3v) is 2.28. The second-order valence-electron chi connectivity index (χ2n) is 3.53. The minimum absolute atomic E-state index is 0.584. The number of carbonyl (C=O) groups excluding carboxylic acids is 1. The number of aryl methyl sites for hydroxylation is 3. The number of rotatable bonds is 2. The number of hydrogen-bond donors (Lipinski definition) is 0. The predicted octanol–water partition coefficient (Wildman–Crippen LogP) is 1.04. The molecule has 0 N–H and O–H groups in total. The van der Waals surface area contributed by atoms with E-state index in [1.807, 2.05) is 20.0 Å². The van der Waals surface area contributed by atoms with Crippen molar-refractivity contribution < 1.29 is 4.79 Å². The number of aldehydes is 1. The third-order valence-electron chi connectivity index (χ3n) is 2.28. The molecule has 0 spiro atoms. The van der Waals surface area contributed by atoms with Crippen molar-refractivity contribution in [2.24, 2.45) is 7.05 Å². The molecule has 0 saturated heterocycles. The van der Waals surface area contributed by atoms with Gasteiger partial charge in [-0.25, -0.2) is 4.68 Å². The van der Waals surface area contributed by atoms with Crippen LogP contribution in [-0.4, -0.2) is 25.8 Å². The summed E-state index contributed by atoms with van der Waals surface area (Å²) in [5, 5.41) is 8.36. The smallest absolute Gasteiger partial charge is 0.162 e. The van der Waals surface area contributed by atoms with Gasteiger partial charge in [0.2, 0.25) is 0 Å². The topological polar surface area (TPSA) is 52.7 Å². The molecule has 2 rings (SSSR count). The van der Waals surface area contributed by atoms with E-state index in [1.54, 1.807) is 22.6 Å². The highest BCUT2D eigenvalue weighted by Gasteiger charge is 2.14. The van der Waals surface area contributed by atoms with Crippen LogP contribution in [0.1, 0.15) is 21.6 Å². The van der Waals surface area contributed by atoms with Crippen molar-refractivity contribution >= 4 is 6.29 Å². The first kappa shape index (κ1) is 9.64. The van der Waals surface area contributed by atoms with Crippen LogP contribution in [0, 0.1) is 13.8 Å². The van der Waals surface area contributed by atoms with Crippen LogP contribution in [0.2, 0.25) is 0 Å². The highest BCUT2D eigenvalue weighted by atomic mass is 16.1. The molecule has 5 heteroatoms. The van der Waals surface area contributed by atoms with Gasteiger partial charge in [-0.3, -0.25) is 9.48 Å². The zero-order valence-corrected chi connectivity index (χ0v) is 8.93. The Morgan fingerprint density at radius 1 is 1.40 bits per heavy atom. The van der Waals surface area contributed by atoms with Crippen molar-refractivity contribution in [2.45, 2.75) is 13.8 Å². The number of carbonyl (C=O) groups is 1. The minimum Gasteiger partial charge on any atom is -0.298 e. The molecule has 0 aliphatic rings.